The number of nitrogen functional groups attached to an aromatic ring is 1. The van der Waals surface area contributed by atoms with Gasteiger partial charge >= 0.3 is 0 Å². The molecule has 1 aromatic carbocycles. The number of nitrogens with two attached hydrogens (primary N) is 1. The predicted octanol–water partition coefficient (Wildman–Crippen LogP) is 1.65. The lowest BCUT2D eigenvalue weighted by Gasteiger charge is -2.03. The van der Waals surface area contributed by atoms with E-state index in [-0.39, 0.29) is 0 Å². The highest BCUT2D eigenvalue weighted by Gasteiger charge is 2.09. The first-order valence-electron chi connectivity index (χ1n) is 5.56. The Hall–Kier alpha value is -2.32. The second-order valence-electron chi connectivity index (χ2n) is 3.87. The molecule has 92 valence electrons. The second-order valence-corrected chi connectivity index (χ2v) is 3.87. The fraction of sp³-hybridized carbons (Fsp3) is 0.231. The molecule has 0 aliphatic carbocycles. The van der Waals surface area contributed by atoms with Crippen LogP contribution in [0.15, 0.2) is 30.6 Å². The molecule has 0 aliphatic rings. The van der Waals surface area contributed by atoms with Gasteiger partial charge in [0, 0.05) is 24.4 Å². The SMILES string of the molecule is COCCn1cc(-c2cccc(N)c2C#N)cn1. The third-order valence-corrected chi connectivity index (χ3v) is 2.68. The van der Waals surface area contributed by atoms with Gasteiger partial charge in [-0.15, -0.1) is 0 Å². The van der Waals surface area contributed by atoms with Crippen molar-refractivity contribution in [3.05, 3.63) is 36.2 Å². The summed E-state index contributed by atoms with van der Waals surface area (Å²) >= 11 is 0. The zero-order valence-electron chi connectivity index (χ0n) is 10.1. The van der Waals surface area contributed by atoms with E-state index in [2.05, 4.69) is 11.2 Å². The molecule has 0 fully saturated rings. The third kappa shape index (κ3) is 2.34. The molecule has 5 nitrogen and oxygen atoms in total. The third-order valence-electron chi connectivity index (χ3n) is 2.68. The van der Waals surface area contributed by atoms with Gasteiger partial charge in [-0.25, -0.2) is 0 Å². The van der Waals surface area contributed by atoms with Crippen LogP contribution >= 0.6 is 0 Å². The summed E-state index contributed by atoms with van der Waals surface area (Å²) in [6.07, 6.45) is 3.61. The molecule has 0 bridgehead atoms. The van der Waals surface area contributed by atoms with Crippen LogP contribution in [-0.2, 0) is 11.3 Å². The van der Waals surface area contributed by atoms with Crippen molar-refractivity contribution in [3.8, 4) is 17.2 Å². The average molecular weight is 242 g/mol. The smallest absolute Gasteiger partial charge is 0.102 e. The number of hydrogen-bond donors (Lipinski definition) is 1. The standard InChI is InChI=1S/C13H14N4O/c1-18-6-5-17-9-10(8-16-17)11-3-2-4-13(15)12(11)7-14/h2-4,8-9H,5-6,15H2,1H3. The van der Waals surface area contributed by atoms with E-state index in [1.165, 1.54) is 0 Å². The maximum atomic E-state index is 9.13. The topological polar surface area (TPSA) is 76.9 Å². The van der Waals surface area contributed by atoms with Crippen LogP contribution in [0.4, 0.5) is 5.69 Å². The number of methoxy groups -OCH3 is 1. The van der Waals surface area contributed by atoms with Crippen LogP contribution < -0.4 is 5.73 Å². The largest absolute Gasteiger partial charge is 0.398 e. The van der Waals surface area contributed by atoms with Gasteiger partial charge in [0.2, 0.25) is 0 Å². The van der Waals surface area contributed by atoms with Gasteiger partial charge in [-0.1, -0.05) is 12.1 Å². The van der Waals surface area contributed by atoms with Gasteiger partial charge < -0.3 is 10.5 Å². The molecule has 2 rings (SSSR count). The van der Waals surface area contributed by atoms with Gasteiger partial charge in [0.15, 0.2) is 0 Å². The minimum atomic E-state index is 0.486. The van der Waals surface area contributed by atoms with Crippen LogP contribution in [0.3, 0.4) is 0 Å². The molecule has 0 unspecified atom stereocenters. The molecule has 0 aliphatic heterocycles. The Morgan fingerprint density at radius 1 is 1.50 bits per heavy atom. The van der Waals surface area contributed by atoms with Gasteiger partial charge in [0.1, 0.15) is 6.07 Å². The number of nitriles is 1. The molecule has 0 spiro atoms. The first-order valence-corrected chi connectivity index (χ1v) is 5.56. The van der Waals surface area contributed by atoms with E-state index < -0.39 is 0 Å². The van der Waals surface area contributed by atoms with Crippen LogP contribution in [0.2, 0.25) is 0 Å². The molecule has 0 saturated heterocycles. The Kier molecular flexibility index (Phi) is 3.60. The number of benzene rings is 1. The van der Waals surface area contributed by atoms with Gasteiger partial charge in [-0.3, -0.25) is 4.68 Å². The van der Waals surface area contributed by atoms with Crippen molar-refractivity contribution in [2.24, 2.45) is 0 Å². The van der Waals surface area contributed by atoms with E-state index in [9.17, 15) is 0 Å². The van der Waals surface area contributed by atoms with Crippen molar-refractivity contribution in [3.63, 3.8) is 0 Å². The Balaban J connectivity index is 2.35. The zero-order chi connectivity index (χ0) is 13.0. The minimum absolute atomic E-state index is 0.486. The summed E-state index contributed by atoms with van der Waals surface area (Å²) in [5, 5.41) is 13.4. The maximum absolute atomic E-state index is 9.13. The Morgan fingerprint density at radius 2 is 2.33 bits per heavy atom. The summed E-state index contributed by atoms with van der Waals surface area (Å²) < 4.78 is 6.77. The van der Waals surface area contributed by atoms with Crippen molar-refractivity contribution >= 4 is 5.69 Å². The van der Waals surface area contributed by atoms with Crippen LogP contribution in [0.5, 0.6) is 0 Å². The molecule has 5 heteroatoms. The summed E-state index contributed by atoms with van der Waals surface area (Å²) in [5.41, 5.74) is 8.45. The number of aromatic nitrogens is 2. The molecule has 0 saturated carbocycles. The van der Waals surface area contributed by atoms with Gasteiger partial charge in [-0.2, -0.15) is 10.4 Å². The Morgan fingerprint density at radius 3 is 3.06 bits per heavy atom. The highest BCUT2D eigenvalue weighted by atomic mass is 16.5. The molecule has 2 aromatic rings. The molecule has 0 atom stereocenters. The lowest BCUT2D eigenvalue weighted by Crippen LogP contribution is -2.03. The van der Waals surface area contributed by atoms with Gasteiger partial charge in [-0.05, 0) is 6.07 Å². The molecular weight excluding hydrogens is 228 g/mol. The molecule has 18 heavy (non-hydrogen) atoms. The van der Waals surface area contributed by atoms with Crippen LogP contribution in [0, 0.1) is 11.3 Å². The fourth-order valence-electron chi connectivity index (χ4n) is 1.75. The predicted molar refractivity (Wildman–Crippen MR) is 68.7 cm³/mol. The number of nitrogens with zero attached hydrogens (tertiary/aromatic N) is 3. The molecular formula is C13H14N4O. The zero-order valence-corrected chi connectivity index (χ0v) is 10.1. The summed E-state index contributed by atoms with van der Waals surface area (Å²) in [4.78, 5) is 0. The van der Waals surface area contributed by atoms with Gasteiger partial charge in [0.25, 0.3) is 0 Å². The first kappa shape index (κ1) is 12.1. The van der Waals surface area contributed by atoms with Crippen molar-refractivity contribution < 1.29 is 4.74 Å². The van der Waals surface area contributed by atoms with E-state index in [1.807, 2.05) is 18.3 Å². The van der Waals surface area contributed by atoms with Crippen molar-refractivity contribution in [2.45, 2.75) is 6.54 Å². The maximum Gasteiger partial charge on any atom is 0.102 e. The monoisotopic (exact) mass is 242 g/mol. The highest BCUT2D eigenvalue weighted by molar-refractivity contribution is 5.76. The van der Waals surface area contributed by atoms with E-state index in [0.717, 1.165) is 11.1 Å². The number of anilines is 1. The van der Waals surface area contributed by atoms with Crippen molar-refractivity contribution in [2.75, 3.05) is 19.5 Å². The van der Waals surface area contributed by atoms with E-state index >= 15 is 0 Å². The molecule has 1 heterocycles. The van der Waals surface area contributed by atoms with Crippen molar-refractivity contribution in [1.82, 2.24) is 9.78 Å². The van der Waals surface area contributed by atoms with E-state index in [1.54, 1.807) is 24.1 Å². The Labute approximate surface area is 105 Å². The normalized spacial score (nSPS) is 10.2. The molecule has 0 amide bonds. The minimum Gasteiger partial charge on any atom is -0.398 e. The number of rotatable bonds is 4. The summed E-state index contributed by atoms with van der Waals surface area (Å²) in [5.74, 6) is 0. The summed E-state index contributed by atoms with van der Waals surface area (Å²) in [6, 6.07) is 7.55. The van der Waals surface area contributed by atoms with E-state index in [4.69, 9.17) is 15.7 Å². The average Bonchev–Trinajstić information content (AvgIpc) is 2.84. The fourth-order valence-corrected chi connectivity index (χ4v) is 1.75. The highest BCUT2D eigenvalue weighted by Crippen LogP contribution is 2.26. The quantitative estimate of drug-likeness (QED) is 0.827. The van der Waals surface area contributed by atoms with Crippen LogP contribution in [-0.4, -0.2) is 23.5 Å². The molecule has 2 N–H and O–H groups in total. The van der Waals surface area contributed by atoms with E-state index in [0.29, 0.717) is 24.4 Å². The lowest BCUT2D eigenvalue weighted by molar-refractivity contribution is 0.183. The number of hydrogen-bond acceptors (Lipinski definition) is 4. The summed E-state index contributed by atoms with van der Waals surface area (Å²) in [7, 11) is 1.65. The van der Waals surface area contributed by atoms with Crippen molar-refractivity contribution in [1.29, 1.82) is 5.26 Å². The van der Waals surface area contributed by atoms with Crippen LogP contribution in [0.1, 0.15) is 5.56 Å². The first-order chi connectivity index (χ1) is 8.76. The molecule has 0 radical (unpaired) electrons. The summed E-state index contributed by atoms with van der Waals surface area (Å²) in [6.45, 7) is 1.28. The molecule has 1 aromatic heterocycles. The lowest BCUT2D eigenvalue weighted by atomic mass is 10.0. The second kappa shape index (κ2) is 5.34. The Bertz CT molecular complexity index is 583. The number of ether oxygens (including phenoxy) is 1. The van der Waals surface area contributed by atoms with Crippen LogP contribution in [0.25, 0.3) is 11.1 Å². The van der Waals surface area contributed by atoms with Gasteiger partial charge in [0.05, 0.1) is 30.6 Å².